The van der Waals surface area contributed by atoms with Crippen LogP contribution in [0.4, 0.5) is 0 Å². The Kier molecular flexibility index (Phi) is 3.38. The molecule has 0 saturated carbocycles. The van der Waals surface area contributed by atoms with E-state index >= 15 is 0 Å². The predicted octanol–water partition coefficient (Wildman–Crippen LogP) is 6.35. The molecule has 1 heterocycles. The van der Waals surface area contributed by atoms with Crippen molar-refractivity contribution in [2.75, 3.05) is 0 Å². The van der Waals surface area contributed by atoms with E-state index in [0.717, 1.165) is 5.52 Å². The van der Waals surface area contributed by atoms with Gasteiger partial charge in [0.05, 0.1) is 5.52 Å². The highest BCUT2D eigenvalue weighted by molar-refractivity contribution is 6.10. The van der Waals surface area contributed by atoms with Gasteiger partial charge in [0.1, 0.15) is 0 Å². The molecule has 1 heteroatoms. The number of fused-ring (bicyclic) bond motifs is 3. The average Bonchev–Trinajstić information content (AvgIpc) is 2.60. The molecule has 1 aromatic heterocycles. The van der Waals surface area contributed by atoms with Gasteiger partial charge in [0.2, 0.25) is 0 Å². The van der Waals surface area contributed by atoms with Gasteiger partial charge < -0.3 is 0 Å². The number of hydrogen-bond acceptors (Lipinski definition) is 1. The predicted molar refractivity (Wildman–Crippen MR) is 103 cm³/mol. The summed E-state index contributed by atoms with van der Waals surface area (Å²) in [6, 6.07) is 23.7. The summed E-state index contributed by atoms with van der Waals surface area (Å²) < 4.78 is 0. The van der Waals surface area contributed by atoms with Gasteiger partial charge in [-0.05, 0) is 34.1 Å². The lowest BCUT2D eigenvalue weighted by atomic mass is 9.83. The van der Waals surface area contributed by atoms with E-state index in [9.17, 15) is 0 Å². The van der Waals surface area contributed by atoms with Crippen LogP contribution in [-0.2, 0) is 5.41 Å². The van der Waals surface area contributed by atoms with Crippen LogP contribution in [0.25, 0.3) is 32.8 Å². The van der Waals surface area contributed by atoms with Crippen LogP contribution >= 0.6 is 0 Å². The highest BCUT2D eigenvalue weighted by atomic mass is 14.7. The van der Waals surface area contributed by atoms with E-state index < -0.39 is 0 Å². The zero-order chi connectivity index (χ0) is 16.7. The van der Waals surface area contributed by atoms with Crippen LogP contribution in [0.2, 0.25) is 0 Å². The maximum atomic E-state index is 4.81. The fourth-order valence-corrected chi connectivity index (χ4v) is 3.24. The van der Waals surface area contributed by atoms with Crippen LogP contribution in [0.15, 0.2) is 72.9 Å². The fourth-order valence-electron chi connectivity index (χ4n) is 3.24. The Bertz CT molecular complexity index is 1020. The quantitative estimate of drug-likeness (QED) is 0.373. The Morgan fingerprint density at radius 1 is 0.750 bits per heavy atom. The molecule has 0 aliphatic heterocycles. The molecule has 0 spiro atoms. The Labute approximate surface area is 143 Å². The zero-order valence-corrected chi connectivity index (χ0v) is 14.4. The molecule has 1 nitrogen and oxygen atoms in total. The first-order chi connectivity index (χ1) is 11.5. The van der Waals surface area contributed by atoms with Gasteiger partial charge in [0, 0.05) is 22.5 Å². The van der Waals surface area contributed by atoms with Crippen LogP contribution in [0.3, 0.4) is 0 Å². The summed E-state index contributed by atoms with van der Waals surface area (Å²) in [4.78, 5) is 4.81. The van der Waals surface area contributed by atoms with Crippen LogP contribution < -0.4 is 0 Å². The molecule has 0 atom stereocenters. The van der Waals surface area contributed by atoms with Gasteiger partial charge in [-0.1, -0.05) is 75.4 Å². The Hall–Kier alpha value is -2.67. The molecule has 4 aromatic rings. The lowest BCUT2D eigenvalue weighted by molar-refractivity contribution is 0.591. The topological polar surface area (TPSA) is 12.9 Å². The molecule has 0 radical (unpaired) electrons. The highest BCUT2D eigenvalue weighted by Crippen LogP contribution is 2.36. The van der Waals surface area contributed by atoms with Crippen molar-refractivity contribution in [3.63, 3.8) is 0 Å². The van der Waals surface area contributed by atoms with Crippen molar-refractivity contribution >= 4 is 21.7 Å². The summed E-state index contributed by atoms with van der Waals surface area (Å²) >= 11 is 0. The Morgan fingerprint density at radius 2 is 1.46 bits per heavy atom. The van der Waals surface area contributed by atoms with E-state index in [0.29, 0.717) is 0 Å². The zero-order valence-electron chi connectivity index (χ0n) is 14.4. The van der Waals surface area contributed by atoms with Gasteiger partial charge in [-0.2, -0.15) is 0 Å². The second-order valence-corrected chi connectivity index (χ2v) is 7.38. The molecule has 0 amide bonds. The van der Waals surface area contributed by atoms with Crippen LogP contribution in [0, 0.1) is 0 Å². The average molecular weight is 311 g/mol. The first-order valence-electron chi connectivity index (χ1n) is 8.41. The second kappa shape index (κ2) is 5.45. The Balaban J connectivity index is 2.16. The van der Waals surface area contributed by atoms with Crippen molar-refractivity contribution in [3.8, 4) is 11.1 Å². The van der Waals surface area contributed by atoms with Crippen molar-refractivity contribution in [2.24, 2.45) is 0 Å². The smallest absolute Gasteiger partial charge is 0.0786 e. The number of rotatable bonds is 1. The minimum absolute atomic E-state index is 0.0919. The second-order valence-electron chi connectivity index (χ2n) is 7.38. The molecule has 3 aromatic carbocycles. The van der Waals surface area contributed by atoms with Gasteiger partial charge in [-0.3, -0.25) is 4.98 Å². The maximum Gasteiger partial charge on any atom is 0.0786 e. The summed E-state index contributed by atoms with van der Waals surface area (Å²) in [7, 11) is 0. The third-order valence-corrected chi connectivity index (χ3v) is 4.64. The largest absolute Gasteiger partial charge is 0.255 e. The van der Waals surface area contributed by atoms with Gasteiger partial charge in [0.15, 0.2) is 0 Å². The lowest BCUT2D eigenvalue weighted by Crippen LogP contribution is -2.11. The molecule has 118 valence electrons. The molecule has 0 unspecified atom stereocenters. The van der Waals surface area contributed by atoms with E-state index in [4.69, 9.17) is 4.98 Å². The van der Waals surface area contributed by atoms with Crippen LogP contribution in [-0.4, -0.2) is 4.98 Å². The SMILES string of the molecule is CC(C)(C)c1cc(-c2ccccc2)c2ncc3ccccc3c2c1. The van der Waals surface area contributed by atoms with Crippen LogP contribution in [0.5, 0.6) is 0 Å². The van der Waals surface area contributed by atoms with E-state index in [-0.39, 0.29) is 5.41 Å². The standard InChI is InChI=1S/C23H21N/c1-23(2,3)18-13-20(16-9-5-4-6-10-16)22-21(14-18)19-12-8-7-11-17(19)15-24-22/h4-15H,1-3H3. The highest BCUT2D eigenvalue weighted by Gasteiger charge is 2.18. The normalized spacial score (nSPS) is 12.0. The van der Waals surface area contributed by atoms with Gasteiger partial charge in [-0.15, -0.1) is 0 Å². The van der Waals surface area contributed by atoms with Gasteiger partial charge in [-0.25, -0.2) is 0 Å². The fraction of sp³-hybridized carbons (Fsp3) is 0.174. The van der Waals surface area contributed by atoms with Crippen molar-refractivity contribution in [1.82, 2.24) is 4.98 Å². The Morgan fingerprint density at radius 3 is 2.21 bits per heavy atom. The summed E-state index contributed by atoms with van der Waals surface area (Å²) in [5.41, 5.74) is 4.94. The summed E-state index contributed by atoms with van der Waals surface area (Å²) in [5, 5.41) is 3.69. The molecule has 0 aliphatic carbocycles. The number of aromatic nitrogens is 1. The van der Waals surface area contributed by atoms with E-state index in [1.54, 1.807) is 0 Å². The summed E-state index contributed by atoms with van der Waals surface area (Å²) in [5.74, 6) is 0. The third kappa shape index (κ3) is 2.46. The number of pyridine rings is 1. The minimum Gasteiger partial charge on any atom is -0.255 e. The molecule has 4 rings (SSSR count). The number of hydrogen-bond donors (Lipinski definition) is 0. The number of benzene rings is 3. The molecular weight excluding hydrogens is 290 g/mol. The molecular formula is C23H21N. The molecule has 0 saturated heterocycles. The minimum atomic E-state index is 0.0919. The first-order valence-corrected chi connectivity index (χ1v) is 8.41. The lowest BCUT2D eigenvalue weighted by Gasteiger charge is -2.22. The van der Waals surface area contributed by atoms with Crippen molar-refractivity contribution in [1.29, 1.82) is 0 Å². The monoisotopic (exact) mass is 311 g/mol. The first kappa shape index (κ1) is 14.9. The van der Waals surface area contributed by atoms with E-state index in [1.807, 2.05) is 6.20 Å². The summed E-state index contributed by atoms with van der Waals surface area (Å²) in [6.07, 6.45) is 1.99. The summed E-state index contributed by atoms with van der Waals surface area (Å²) in [6.45, 7) is 6.80. The maximum absolute atomic E-state index is 4.81. The number of nitrogens with zero attached hydrogens (tertiary/aromatic N) is 1. The van der Waals surface area contributed by atoms with Gasteiger partial charge >= 0.3 is 0 Å². The van der Waals surface area contributed by atoms with Crippen molar-refractivity contribution < 1.29 is 0 Å². The van der Waals surface area contributed by atoms with Crippen molar-refractivity contribution in [2.45, 2.75) is 26.2 Å². The third-order valence-electron chi connectivity index (χ3n) is 4.64. The molecule has 0 aliphatic rings. The van der Waals surface area contributed by atoms with E-state index in [1.165, 1.54) is 32.8 Å². The molecule has 24 heavy (non-hydrogen) atoms. The molecule has 0 bridgehead atoms. The van der Waals surface area contributed by atoms with Gasteiger partial charge in [0.25, 0.3) is 0 Å². The van der Waals surface area contributed by atoms with Crippen molar-refractivity contribution in [3.05, 3.63) is 78.5 Å². The van der Waals surface area contributed by atoms with Crippen LogP contribution in [0.1, 0.15) is 26.3 Å². The molecule has 0 fully saturated rings. The molecule has 0 N–H and O–H groups in total. The van der Waals surface area contributed by atoms with E-state index in [2.05, 4.69) is 87.5 Å².